The van der Waals surface area contributed by atoms with E-state index in [0.717, 1.165) is 0 Å². The van der Waals surface area contributed by atoms with Crippen LogP contribution in [0.3, 0.4) is 0 Å². The molecule has 1 aliphatic heterocycles. The molecule has 0 fully saturated rings. The highest BCUT2D eigenvalue weighted by Gasteiger charge is 2.33. The van der Waals surface area contributed by atoms with Gasteiger partial charge < -0.3 is 0 Å². The number of nitro groups is 1. The molecule has 1 rings (SSSR count). The van der Waals surface area contributed by atoms with Gasteiger partial charge in [-0.1, -0.05) is 0 Å². The van der Waals surface area contributed by atoms with Crippen molar-refractivity contribution in [3.63, 3.8) is 0 Å². The molecule has 7 heteroatoms. The Balaban J connectivity index is 2.69. The van der Waals surface area contributed by atoms with Crippen molar-refractivity contribution in [1.29, 1.82) is 0 Å². The molecule has 0 amide bonds. The monoisotopic (exact) mass is 208 g/mol. The minimum absolute atomic E-state index is 0.443. The third-order valence-electron chi connectivity index (χ3n) is 1.09. The fraction of sp³-hybridized carbons (Fsp3) is 0.667. The predicted octanol–water partition coefficient (Wildman–Crippen LogP) is 0.0473. The Morgan fingerprint density at radius 3 is 2.70 bits per heavy atom. The van der Waals surface area contributed by atoms with Crippen molar-refractivity contribution in [2.45, 2.75) is 6.29 Å². The van der Waals surface area contributed by atoms with Crippen LogP contribution in [-0.2, 0) is 0 Å². The largest absolute Gasteiger partial charge is 0.392 e. The van der Waals surface area contributed by atoms with Crippen LogP contribution in [0.2, 0.25) is 0 Å². The molecular formula is C3H5BrN4O2. The van der Waals surface area contributed by atoms with E-state index < -0.39 is 11.2 Å². The fourth-order valence-corrected chi connectivity index (χ4v) is 1.13. The van der Waals surface area contributed by atoms with Gasteiger partial charge in [0.25, 0.3) is 0 Å². The first kappa shape index (κ1) is 7.26. The first-order valence-electron chi connectivity index (χ1n) is 2.47. The lowest BCUT2D eigenvalue weighted by molar-refractivity contribution is -0.561. The zero-order valence-electron chi connectivity index (χ0n) is 5.14. The highest BCUT2D eigenvalue weighted by molar-refractivity contribution is 9.07. The average molecular weight is 209 g/mol. The van der Waals surface area contributed by atoms with Crippen LogP contribution in [0.15, 0.2) is 5.10 Å². The summed E-state index contributed by atoms with van der Waals surface area (Å²) in [6.07, 6.45) is 0.424. The molecule has 1 heterocycles. The molecule has 0 saturated carbocycles. The number of hydrazone groups is 1. The second-order valence-electron chi connectivity index (χ2n) is 1.78. The van der Waals surface area contributed by atoms with Crippen LogP contribution in [0, 0.1) is 10.1 Å². The van der Waals surface area contributed by atoms with Gasteiger partial charge >= 0.3 is 6.29 Å². The van der Waals surface area contributed by atoms with Gasteiger partial charge in [0.15, 0.2) is 0 Å². The second-order valence-corrected chi connectivity index (χ2v) is 2.60. The van der Waals surface area contributed by atoms with E-state index in [1.165, 1.54) is 22.3 Å². The predicted molar refractivity (Wildman–Crippen MR) is 37.8 cm³/mol. The average Bonchev–Trinajstić information content (AvgIpc) is 2.11. The van der Waals surface area contributed by atoms with Crippen LogP contribution in [-0.4, -0.2) is 33.5 Å². The van der Waals surface area contributed by atoms with Crippen LogP contribution < -0.4 is 0 Å². The van der Waals surface area contributed by atoms with Crippen LogP contribution in [0.1, 0.15) is 0 Å². The number of rotatable bonds is 1. The first-order chi connectivity index (χ1) is 4.63. The van der Waals surface area contributed by atoms with Gasteiger partial charge in [0, 0.05) is 7.05 Å². The van der Waals surface area contributed by atoms with Gasteiger partial charge in [-0.25, -0.2) is 8.93 Å². The van der Waals surface area contributed by atoms with Crippen LogP contribution in [0.4, 0.5) is 0 Å². The SMILES string of the molecule is CN1N=CN(Br)C1[N+](=O)[O-]. The van der Waals surface area contributed by atoms with Crippen molar-refractivity contribution in [1.82, 2.24) is 8.93 Å². The second kappa shape index (κ2) is 2.41. The van der Waals surface area contributed by atoms with E-state index in [1.807, 2.05) is 0 Å². The molecule has 10 heavy (non-hydrogen) atoms. The van der Waals surface area contributed by atoms with E-state index in [9.17, 15) is 10.1 Å². The van der Waals surface area contributed by atoms with Gasteiger partial charge in [0.1, 0.15) is 6.34 Å². The Morgan fingerprint density at radius 1 is 1.90 bits per heavy atom. The lowest BCUT2D eigenvalue weighted by atomic mass is 10.8. The van der Waals surface area contributed by atoms with Crippen LogP contribution in [0.5, 0.6) is 0 Å². The molecule has 0 radical (unpaired) electrons. The molecule has 56 valence electrons. The maximum absolute atomic E-state index is 10.2. The molecule has 0 aliphatic carbocycles. The normalized spacial score (nSPS) is 24.0. The minimum Gasteiger partial charge on any atom is -0.261 e. The highest BCUT2D eigenvalue weighted by atomic mass is 79.9. The summed E-state index contributed by atoms with van der Waals surface area (Å²) in [6, 6.07) is 0. The Labute approximate surface area is 65.6 Å². The Kier molecular flexibility index (Phi) is 1.75. The number of hydrogen-bond donors (Lipinski definition) is 0. The summed E-state index contributed by atoms with van der Waals surface area (Å²) in [7, 11) is 1.53. The Morgan fingerprint density at radius 2 is 2.50 bits per heavy atom. The third-order valence-corrected chi connectivity index (χ3v) is 1.64. The molecule has 0 aromatic heterocycles. The molecule has 0 spiro atoms. The van der Waals surface area contributed by atoms with Gasteiger partial charge in [-0.2, -0.15) is 5.10 Å². The zero-order valence-corrected chi connectivity index (χ0v) is 6.72. The summed E-state index contributed by atoms with van der Waals surface area (Å²) in [4.78, 5) is 9.79. The number of hydrogen-bond acceptors (Lipinski definition) is 5. The smallest absolute Gasteiger partial charge is 0.261 e. The van der Waals surface area contributed by atoms with Crippen molar-refractivity contribution < 1.29 is 4.92 Å². The minimum atomic E-state index is -0.917. The lowest BCUT2D eigenvalue weighted by Gasteiger charge is -2.13. The Bertz CT molecular complexity index is 171. The third kappa shape index (κ3) is 1.04. The van der Waals surface area contributed by atoms with E-state index in [1.54, 1.807) is 0 Å². The molecule has 1 aliphatic rings. The van der Waals surface area contributed by atoms with Crippen LogP contribution in [0.25, 0.3) is 0 Å². The molecule has 0 aromatic rings. The standard InChI is InChI=1S/C3H5BrN4O2/c1-6-3(8(9)10)7(4)2-5-6/h2-3H,1H3. The molecule has 1 atom stereocenters. The van der Waals surface area contributed by atoms with E-state index in [4.69, 9.17) is 0 Å². The quantitative estimate of drug-likeness (QED) is 0.347. The van der Waals surface area contributed by atoms with Crippen molar-refractivity contribution in [3.8, 4) is 0 Å². The van der Waals surface area contributed by atoms with Crippen molar-refractivity contribution in [3.05, 3.63) is 10.1 Å². The number of nitrogens with zero attached hydrogens (tertiary/aromatic N) is 4. The molecule has 0 bridgehead atoms. The molecular weight excluding hydrogens is 204 g/mol. The summed E-state index contributed by atoms with van der Waals surface area (Å²) in [5.74, 6) is 0. The summed E-state index contributed by atoms with van der Waals surface area (Å²) in [6.45, 7) is 0. The van der Waals surface area contributed by atoms with Gasteiger partial charge in [-0.05, 0) is 0 Å². The molecule has 1 unspecified atom stereocenters. The fourth-order valence-electron chi connectivity index (χ4n) is 0.636. The molecule has 6 nitrogen and oxygen atoms in total. The van der Waals surface area contributed by atoms with E-state index in [0.29, 0.717) is 0 Å². The summed E-state index contributed by atoms with van der Waals surface area (Å²) in [5.41, 5.74) is 0. The van der Waals surface area contributed by atoms with Gasteiger partial charge in [-0.15, -0.1) is 0 Å². The molecule has 0 saturated heterocycles. The van der Waals surface area contributed by atoms with Gasteiger partial charge in [0.05, 0.1) is 21.1 Å². The molecule has 0 aromatic carbocycles. The number of halogens is 1. The maximum Gasteiger partial charge on any atom is 0.392 e. The van der Waals surface area contributed by atoms with E-state index >= 15 is 0 Å². The lowest BCUT2D eigenvalue weighted by Crippen LogP contribution is -2.39. The van der Waals surface area contributed by atoms with Gasteiger partial charge in [-0.3, -0.25) is 10.1 Å². The topological polar surface area (TPSA) is 62.0 Å². The Hall–Kier alpha value is -0.850. The molecule has 0 N–H and O–H groups in total. The first-order valence-corrected chi connectivity index (χ1v) is 3.18. The zero-order chi connectivity index (χ0) is 7.72. The maximum atomic E-state index is 10.2. The summed E-state index contributed by atoms with van der Waals surface area (Å²) in [5, 5.41) is 15.1. The van der Waals surface area contributed by atoms with Crippen molar-refractivity contribution in [2.75, 3.05) is 7.05 Å². The van der Waals surface area contributed by atoms with Crippen molar-refractivity contribution >= 4 is 22.5 Å². The van der Waals surface area contributed by atoms with Crippen LogP contribution >= 0.6 is 16.1 Å². The summed E-state index contributed by atoms with van der Waals surface area (Å²) >= 11 is 2.95. The summed E-state index contributed by atoms with van der Waals surface area (Å²) < 4.78 is 1.24. The van der Waals surface area contributed by atoms with E-state index in [2.05, 4.69) is 21.2 Å². The van der Waals surface area contributed by atoms with E-state index in [-0.39, 0.29) is 0 Å². The highest BCUT2D eigenvalue weighted by Crippen LogP contribution is 2.13. The van der Waals surface area contributed by atoms with Crippen molar-refractivity contribution in [2.24, 2.45) is 5.10 Å². The van der Waals surface area contributed by atoms with Gasteiger partial charge in [0.2, 0.25) is 0 Å².